The van der Waals surface area contributed by atoms with Crippen molar-refractivity contribution in [3.8, 4) is 5.75 Å². The van der Waals surface area contributed by atoms with Crippen molar-refractivity contribution in [2.45, 2.75) is 61.7 Å². The van der Waals surface area contributed by atoms with E-state index in [-0.39, 0.29) is 36.2 Å². The molecule has 6 rings (SSSR count). The third-order valence-electron chi connectivity index (χ3n) is 8.66. The van der Waals surface area contributed by atoms with E-state index >= 15 is 0 Å². The van der Waals surface area contributed by atoms with Gasteiger partial charge in [-0.3, -0.25) is 14.4 Å². The second-order valence-corrected chi connectivity index (χ2v) is 12.7. The van der Waals surface area contributed by atoms with Crippen LogP contribution in [-0.2, 0) is 21.1 Å². The number of rotatable bonds is 12. The van der Waals surface area contributed by atoms with E-state index in [0.717, 1.165) is 29.6 Å². The van der Waals surface area contributed by atoms with Crippen LogP contribution in [0.2, 0.25) is 0 Å². The number of aliphatic hydroxyl groups is 1. The number of thioether (sulfide) groups is 1. The number of hydrogen-bond acceptors (Lipinski definition) is 8. The average molecular weight is 593 g/mol. The first-order valence-electron chi connectivity index (χ1n) is 14.7. The molecule has 4 heterocycles. The number of ether oxygens (including phenoxy) is 1. The molecular weight excluding hydrogens is 556 g/mol. The number of para-hydroxylation sites is 1. The SMILES string of the molecule is CCOc1ccc(NC(=O)[C@@H]2[C@@H]3CCC4(S3)C(C(=O)NCn3nnc5ccccc53)N(CCCCCO)C(=O)[C@H]24)cc1. The van der Waals surface area contributed by atoms with Gasteiger partial charge in [-0.15, -0.1) is 16.9 Å². The third-order valence-corrected chi connectivity index (χ3v) is 10.6. The Morgan fingerprint density at radius 1 is 1.12 bits per heavy atom. The van der Waals surface area contributed by atoms with E-state index in [1.54, 1.807) is 33.5 Å². The van der Waals surface area contributed by atoms with Crippen molar-refractivity contribution in [3.05, 3.63) is 48.5 Å². The van der Waals surface area contributed by atoms with Crippen molar-refractivity contribution in [2.75, 3.05) is 25.1 Å². The minimum absolute atomic E-state index is 0.0345. The highest BCUT2D eigenvalue weighted by atomic mass is 32.2. The summed E-state index contributed by atoms with van der Waals surface area (Å²) in [5, 5.41) is 23.6. The molecule has 3 N–H and O–H groups in total. The summed E-state index contributed by atoms with van der Waals surface area (Å²) in [6.07, 6.45) is 3.52. The van der Waals surface area contributed by atoms with Crippen LogP contribution >= 0.6 is 11.8 Å². The van der Waals surface area contributed by atoms with Gasteiger partial charge in [0, 0.05) is 24.1 Å². The number of benzene rings is 2. The Hall–Kier alpha value is -3.64. The predicted octanol–water partition coefficient (Wildman–Crippen LogP) is 2.80. The highest BCUT2D eigenvalue weighted by Gasteiger charge is 2.73. The van der Waals surface area contributed by atoms with E-state index in [1.807, 2.05) is 43.3 Å². The predicted molar refractivity (Wildman–Crippen MR) is 159 cm³/mol. The van der Waals surface area contributed by atoms with Gasteiger partial charge in [-0.25, -0.2) is 4.68 Å². The molecule has 42 heavy (non-hydrogen) atoms. The monoisotopic (exact) mass is 592 g/mol. The van der Waals surface area contributed by atoms with Crippen LogP contribution in [0.5, 0.6) is 5.75 Å². The van der Waals surface area contributed by atoms with Crippen molar-refractivity contribution in [2.24, 2.45) is 11.8 Å². The van der Waals surface area contributed by atoms with E-state index in [2.05, 4.69) is 20.9 Å². The van der Waals surface area contributed by atoms with Crippen LogP contribution in [-0.4, -0.2) is 78.5 Å². The van der Waals surface area contributed by atoms with Crippen LogP contribution in [0.15, 0.2) is 48.5 Å². The summed E-state index contributed by atoms with van der Waals surface area (Å²) in [4.78, 5) is 43.5. The standard InChI is InChI=1S/C30H36N6O5S/c1-2-41-20-12-10-19(11-13-20)32-27(38)24-23-14-15-30(42-23)25(24)29(40)35(16-6-3-7-17-37)26(30)28(39)31-18-36-22-9-5-4-8-21(22)33-34-36/h4-5,8-13,23-26,37H,2-3,6-7,14-18H2,1H3,(H,31,39)(H,32,38)/t23-,24+,25-,26?,30?/m0/s1. The average Bonchev–Trinajstić information content (AvgIpc) is 3.75. The molecule has 3 saturated heterocycles. The smallest absolute Gasteiger partial charge is 0.245 e. The van der Waals surface area contributed by atoms with Gasteiger partial charge in [0.05, 0.1) is 28.7 Å². The number of anilines is 1. The molecule has 11 nitrogen and oxygen atoms in total. The Kier molecular flexibility index (Phi) is 8.09. The molecule has 0 radical (unpaired) electrons. The van der Waals surface area contributed by atoms with Crippen LogP contribution in [0.25, 0.3) is 11.0 Å². The van der Waals surface area contributed by atoms with Crippen molar-refractivity contribution < 1.29 is 24.2 Å². The van der Waals surface area contributed by atoms with Gasteiger partial charge in [0.2, 0.25) is 17.7 Å². The van der Waals surface area contributed by atoms with Crippen molar-refractivity contribution in [3.63, 3.8) is 0 Å². The number of aromatic nitrogens is 3. The molecule has 3 fully saturated rings. The summed E-state index contributed by atoms with van der Waals surface area (Å²) in [6.45, 7) is 3.08. The van der Waals surface area contributed by atoms with Gasteiger partial charge in [0.25, 0.3) is 0 Å². The Morgan fingerprint density at radius 2 is 1.93 bits per heavy atom. The van der Waals surface area contributed by atoms with E-state index in [1.165, 1.54) is 0 Å². The van der Waals surface area contributed by atoms with Crippen LogP contribution < -0.4 is 15.4 Å². The summed E-state index contributed by atoms with van der Waals surface area (Å²) in [6, 6.07) is 14.0. The number of aliphatic hydroxyl groups excluding tert-OH is 1. The molecular formula is C30H36N6O5S. The minimum atomic E-state index is -0.697. The van der Waals surface area contributed by atoms with Gasteiger partial charge in [0.15, 0.2) is 0 Å². The third kappa shape index (κ3) is 5.00. The Labute approximate surface area is 248 Å². The first kappa shape index (κ1) is 28.5. The topological polar surface area (TPSA) is 139 Å². The first-order valence-corrected chi connectivity index (χ1v) is 15.5. The highest BCUT2D eigenvalue weighted by Crippen LogP contribution is 2.66. The lowest BCUT2D eigenvalue weighted by Gasteiger charge is -2.34. The second-order valence-electron chi connectivity index (χ2n) is 11.1. The Balaban J connectivity index is 1.23. The Bertz CT molecular complexity index is 1460. The number of nitrogens with zero attached hydrogens (tertiary/aromatic N) is 4. The van der Waals surface area contributed by atoms with Crippen LogP contribution in [0.1, 0.15) is 39.0 Å². The number of likely N-dealkylation sites (tertiary alicyclic amines) is 1. The van der Waals surface area contributed by atoms with Crippen molar-refractivity contribution >= 4 is 46.2 Å². The normalized spacial score (nSPS) is 26.0. The minimum Gasteiger partial charge on any atom is -0.494 e. The summed E-state index contributed by atoms with van der Waals surface area (Å²) in [5.74, 6) is -0.947. The van der Waals surface area contributed by atoms with E-state index in [0.29, 0.717) is 38.1 Å². The number of fused-ring (bicyclic) bond motifs is 2. The number of carbonyl (C=O) groups excluding carboxylic acids is 3. The fraction of sp³-hybridized carbons (Fsp3) is 0.500. The largest absolute Gasteiger partial charge is 0.494 e. The second kappa shape index (κ2) is 11.9. The summed E-state index contributed by atoms with van der Waals surface area (Å²) < 4.78 is 6.47. The number of hydrogen-bond donors (Lipinski definition) is 3. The Morgan fingerprint density at radius 3 is 2.71 bits per heavy atom. The molecule has 3 aromatic rings. The van der Waals surface area contributed by atoms with Crippen LogP contribution in [0.3, 0.4) is 0 Å². The highest BCUT2D eigenvalue weighted by molar-refractivity contribution is 8.02. The summed E-state index contributed by atoms with van der Waals surface area (Å²) in [5.41, 5.74) is 2.18. The zero-order valence-corrected chi connectivity index (χ0v) is 24.4. The fourth-order valence-electron chi connectivity index (χ4n) is 6.88. The van der Waals surface area contributed by atoms with Gasteiger partial charge < -0.3 is 25.4 Å². The van der Waals surface area contributed by atoms with Gasteiger partial charge in [0.1, 0.15) is 24.0 Å². The lowest BCUT2D eigenvalue weighted by Crippen LogP contribution is -2.53. The number of carbonyl (C=O) groups is 3. The molecule has 1 aromatic heterocycles. The molecule has 3 aliphatic rings. The zero-order chi connectivity index (χ0) is 29.3. The maximum absolute atomic E-state index is 14.1. The van der Waals surface area contributed by atoms with E-state index in [9.17, 15) is 19.5 Å². The molecule has 3 amide bonds. The number of amides is 3. The number of unbranched alkanes of at least 4 members (excludes halogenated alkanes) is 2. The quantitative estimate of drug-likeness (QED) is 0.273. The molecule has 5 atom stereocenters. The lowest BCUT2D eigenvalue weighted by molar-refractivity contribution is -0.139. The first-order chi connectivity index (χ1) is 20.5. The van der Waals surface area contributed by atoms with Gasteiger partial charge in [-0.2, -0.15) is 0 Å². The van der Waals surface area contributed by atoms with Gasteiger partial charge in [-0.05, 0) is 75.4 Å². The van der Waals surface area contributed by atoms with Crippen molar-refractivity contribution in [1.82, 2.24) is 25.2 Å². The molecule has 12 heteroatoms. The van der Waals surface area contributed by atoms with Gasteiger partial charge >= 0.3 is 0 Å². The molecule has 2 bridgehead atoms. The molecule has 3 aliphatic heterocycles. The maximum atomic E-state index is 14.1. The maximum Gasteiger partial charge on any atom is 0.245 e. The van der Waals surface area contributed by atoms with Crippen LogP contribution in [0.4, 0.5) is 5.69 Å². The molecule has 0 aliphatic carbocycles. The number of nitrogens with one attached hydrogen (secondary N) is 2. The summed E-state index contributed by atoms with van der Waals surface area (Å²) >= 11 is 1.64. The molecule has 1 spiro atoms. The van der Waals surface area contributed by atoms with Crippen molar-refractivity contribution in [1.29, 1.82) is 0 Å². The van der Waals surface area contributed by atoms with E-state index in [4.69, 9.17) is 4.74 Å². The molecule has 0 saturated carbocycles. The molecule has 2 aromatic carbocycles. The summed E-state index contributed by atoms with van der Waals surface area (Å²) in [7, 11) is 0. The fourth-order valence-corrected chi connectivity index (χ4v) is 9.09. The zero-order valence-electron chi connectivity index (χ0n) is 23.6. The molecule has 2 unspecified atom stereocenters. The van der Waals surface area contributed by atoms with E-state index < -0.39 is 22.6 Å². The molecule has 222 valence electrons. The van der Waals surface area contributed by atoms with Gasteiger partial charge in [-0.1, -0.05) is 17.3 Å². The van der Waals surface area contributed by atoms with Crippen LogP contribution in [0, 0.1) is 11.8 Å². The lowest BCUT2D eigenvalue weighted by atomic mass is 9.70.